The normalized spacial score (nSPS) is 18.8. The number of hydrogen-bond donors (Lipinski definition) is 2. The van der Waals surface area contributed by atoms with Crippen LogP contribution in [0, 0.1) is 0 Å². The molecule has 6 nitrogen and oxygen atoms in total. The van der Waals surface area contributed by atoms with Gasteiger partial charge >= 0.3 is 6.09 Å². The van der Waals surface area contributed by atoms with Crippen LogP contribution in [0.2, 0.25) is 0 Å². The molecule has 1 saturated heterocycles. The number of ether oxygens (including phenoxy) is 1. The molecule has 0 aromatic heterocycles. The number of halogens is 1. The van der Waals surface area contributed by atoms with Crippen molar-refractivity contribution in [3.63, 3.8) is 0 Å². The Morgan fingerprint density at radius 1 is 1.21 bits per heavy atom. The molecule has 0 radical (unpaired) electrons. The molecule has 2 fully saturated rings. The highest BCUT2D eigenvalue weighted by atomic mass is 127. The molecule has 0 unspecified atom stereocenters. The van der Waals surface area contributed by atoms with Crippen LogP contribution in [0.4, 0.5) is 4.79 Å². The van der Waals surface area contributed by atoms with Crippen LogP contribution in [0.1, 0.15) is 45.1 Å². The Morgan fingerprint density at radius 3 is 2.46 bits per heavy atom. The molecule has 1 aliphatic carbocycles. The summed E-state index contributed by atoms with van der Waals surface area (Å²) in [6.07, 6.45) is 4.03. The summed E-state index contributed by atoms with van der Waals surface area (Å²) in [5, 5.41) is 6.93. The number of nitrogens with zero attached hydrogens (tertiary/aromatic N) is 2. The summed E-state index contributed by atoms with van der Waals surface area (Å²) in [6.45, 7) is 7.46. The number of nitrogens with one attached hydrogen (secondary N) is 2. The number of aliphatic imine (C=N–C) groups is 1. The average molecular weight is 500 g/mol. The largest absolute Gasteiger partial charge is 0.450 e. The first-order valence-corrected chi connectivity index (χ1v) is 10.2. The Balaban J connectivity index is 0.00000280. The van der Waals surface area contributed by atoms with Crippen LogP contribution in [0.5, 0.6) is 0 Å². The first-order valence-electron chi connectivity index (χ1n) is 10.2. The highest BCUT2D eigenvalue weighted by Gasteiger charge is 2.44. The molecule has 0 atom stereocenters. The van der Waals surface area contributed by atoms with Gasteiger partial charge in [0.25, 0.3) is 0 Å². The lowest BCUT2D eigenvalue weighted by Gasteiger charge is -2.32. The van der Waals surface area contributed by atoms with Crippen LogP contribution >= 0.6 is 24.0 Å². The number of guanidine groups is 1. The summed E-state index contributed by atoms with van der Waals surface area (Å²) < 4.78 is 5.09. The van der Waals surface area contributed by atoms with Gasteiger partial charge in [-0.25, -0.2) is 4.79 Å². The predicted molar refractivity (Wildman–Crippen MR) is 124 cm³/mol. The zero-order chi connectivity index (χ0) is 19.1. The van der Waals surface area contributed by atoms with E-state index in [1.54, 1.807) is 4.90 Å². The van der Waals surface area contributed by atoms with Crippen LogP contribution in [0.15, 0.2) is 35.3 Å². The van der Waals surface area contributed by atoms with Gasteiger partial charge in [0.2, 0.25) is 0 Å². The molecule has 7 heteroatoms. The Hall–Kier alpha value is -1.51. The Labute approximate surface area is 185 Å². The smallest absolute Gasteiger partial charge is 0.409 e. The van der Waals surface area contributed by atoms with Gasteiger partial charge in [-0.2, -0.15) is 0 Å². The van der Waals surface area contributed by atoms with Gasteiger partial charge in [0.1, 0.15) is 0 Å². The molecule has 156 valence electrons. The van der Waals surface area contributed by atoms with E-state index >= 15 is 0 Å². The molecule has 0 bridgehead atoms. The highest BCUT2D eigenvalue weighted by molar-refractivity contribution is 14.0. The van der Waals surface area contributed by atoms with E-state index < -0.39 is 0 Å². The number of carbonyl (C=O) groups is 1. The molecule has 1 aromatic carbocycles. The van der Waals surface area contributed by atoms with Crippen molar-refractivity contribution in [1.82, 2.24) is 15.5 Å². The molecular formula is C21H33IN4O2. The third-order valence-electron chi connectivity index (χ3n) is 5.49. The van der Waals surface area contributed by atoms with E-state index in [4.69, 9.17) is 9.73 Å². The van der Waals surface area contributed by atoms with Gasteiger partial charge in [0.05, 0.1) is 13.2 Å². The molecule has 28 heavy (non-hydrogen) atoms. The number of hydrogen-bond acceptors (Lipinski definition) is 3. The summed E-state index contributed by atoms with van der Waals surface area (Å²) in [5.41, 5.74) is 1.61. The van der Waals surface area contributed by atoms with Crippen molar-refractivity contribution in [2.45, 2.75) is 51.0 Å². The van der Waals surface area contributed by atoms with E-state index in [1.165, 1.54) is 18.4 Å². The van der Waals surface area contributed by atoms with E-state index in [0.717, 1.165) is 45.0 Å². The second kappa shape index (κ2) is 10.9. The van der Waals surface area contributed by atoms with Crippen molar-refractivity contribution >= 4 is 36.0 Å². The quantitative estimate of drug-likeness (QED) is 0.357. The summed E-state index contributed by atoms with van der Waals surface area (Å²) >= 11 is 0. The van der Waals surface area contributed by atoms with E-state index in [0.29, 0.717) is 12.6 Å². The van der Waals surface area contributed by atoms with Crippen molar-refractivity contribution in [2.75, 3.05) is 32.8 Å². The lowest BCUT2D eigenvalue weighted by atomic mass is 9.96. The third kappa shape index (κ3) is 5.99. The maximum Gasteiger partial charge on any atom is 0.409 e. The van der Waals surface area contributed by atoms with Crippen molar-refractivity contribution in [3.8, 4) is 0 Å². The number of rotatable bonds is 6. The van der Waals surface area contributed by atoms with Crippen LogP contribution in [0.3, 0.4) is 0 Å². The van der Waals surface area contributed by atoms with E-state index in [1.807, 2.05) is 6.92 Å². The number of piperidine rings is 1. The van der Waals surface area contributed by atoms with E-state index in [9.17, 15) is 4.79 Å². The first-order chi connectivity index (χ1) is 13.2. The molecule has 1 saturated carbocycles. The highest BCUT2D eigenvalue weighted by Crippen LogP contribution is 2.48. The van der Waals surface area contributed by atoms with Crippen LogP contribution < -0.4 is 10.6 Å². The fourth-order valence-electron chi connectivity index (χ4n) is 3.65. The fraction of sp³-hybridized carbons (Fsp3) is 0.619. The van der Waals surface area contributed by atoms with Crippen molar-refractivity contribution < 1.29 is 9.53 Å². The molecule has 2 N–H and O–H groups in total. The molecule has 1 heterocycles. The minimum Gasteiger partial charge on any atom is -0.450 e. The summed E-state index contributed by atoms with van der Waals surface area (Å²) in [7, 11) is 0. The second-order valence-electron chi connectivity index (χ2n) is 7.45. The van der Waals surface area contributed by atoms with Gasteiger partial charge in [-0.3, -0.25) is 4.99 Å². The first kappa shape index (κ1) is 22.8. The molecular weight excluding hydrogens is 467 g/mol. The summed E-state index contributed by atoms with van der Waals surface area (Å²) in [5.74, 6) is 0.884. The van der Waals surface area contributed by atoms with Gasteiger partial charge in [0, 0.05) is 31.1 Å². The standard InChI is InChI=1S/C21H32N4O2.HI/c1-3-22-19(23-16-21(12-13-21)17-8-6-5-7-9-17)24-18-10-14-25(15-11-18)20(26)27-4-2;/h5-9,18H,3-4,10-16H2,1-2H3,(H2,22,23,24);1H. The van der Waals surface area contributed by atoms with Gasteiger partial charge < -0.3 is 20.3 Å². The Bertz CT molecular complexity index is 641. The van der Waals surface area contributed by atoms with Crippen LogP contribution in [-0.4, -0.2) is 55.8 Å². The average Bonchev–Trinajstić information content (AvgIpc) is 3.49. The number of likely N-dealkylation sites (tertiary alicyclic amines) is 1. The maximum atomic E-state index is 11.8. The van der Waals surface area contributed by atoms with Crippen molar-refractivity contribution in [3.05, 3.63) is 35.9 Å². The maximum absolute atomic E-state index is 11.8. The Kier molecular flexibility index (Phi) is 8.85. The second-order valence-corrected chi connectivity index (χ2v) is 7.45. The molecule has 1 amide bonds. The number of carbonyl (C=O) groups excluding carboxylic acids is 1. The molecule has 3 rings (SSSR count). The predicted octanol–water partition coefficient (Wildman–Crippen LogP) is 3.51. The lowest BCUT2D eigenvalue weighted by Crippen LogP contribution is -2.50. The SMILES string of the molecule is CCNC(=NCC1(c2ccccc2)CC1)NC1CCN(C(=O)OCC)CC1.I. The molecule has 0 spiro atoms. The minimum atomic E-state index is -0.199. The minimum absolute atomic E-state index is 0. The zero-order valence-electron chi connectivity index (χ0n) is 16.9. The molecule has 2 aliphatic rings. The fourth-order valence-corrected chi connectivity index (χ4v) is 3.65. The molecule has 1 aromatic rings. The zero-order valence-corrected chi connectivity index (χ0v) is 19.3. The van der Waals surface area contributed by atoms with Gasteiger partial charge in [0.15, 0.2) is 5.96 Å². The number of benzene rings is 1. The van der Waals surface area contributed by atoms with Crippen LogP contribution in [0.25, 0.3) is 0 Å². The molecule has 1 aliphatic heterocycles. The summed E-state index contributed by atoms with van der Waals surface area (Å²) in [4.78, 5) is 18.5. The topological polar surface area (TPSA) is 66.0 Å². The van der Waals surface area contributed by atoms with Gasteiger partial charge in [-0.05, 0) is 45.1 Å². The van der Waals surface area contributed by atoms with Crippen LogP contribution in [-0.2, 0) is 10.2 Å². The van der Waals surface area contributed by atoms with E-state index in [2.05, 4.69) is 47.9 Å². The van der Waals surface area contributed by atoms with Crippen molar-refractivity contribution in [1.29, 1.82) is 0 Å². The third-order valence-corrected chi connectivity index (χ3v) is 5.49. The lowest BCUT2D eigenvalue weighted by molar-refractivity contribution is 0.0963. The summed E-state index contributed by atoms with van der Waals surface area (Å²) in [6, 6.07) is 11.1. The van der Waals surface area contributed by atoms with E-state index in [-0.39, 0.29) is 35.5 Å². The monoisotopic (exact) mass is 500 g/mol. The van der Waals surface area contributed by atoms with Gasteiger partial charge in [-0.15, -0.1) is 24.0 Å². The van der Waals surface area contributed by atoms with Gasteiger partial charge in [-0.1, -0.05) is 30.3 Å². The van der Waals surface area contributed by atoms with Crippen molar-refractivity contribution in [2.24, 2.45) is 4.99 Å². The Morgan fingerprint density at radius 2 is 1.89 bits per heavy atom. The number of amides is 1.